The molecule has 0 fully saturated rings. The monoisotopic (exact) mass is 356 g/mol. The number of hydrogen-bond donors (Lipinski definition) is 1. The molecule has 1 amide bonds. The predicted octanol–water partition coefficient (Wildman–Crippen LogP) is 2.75. The first-order chi connectivity index (χ1) is 12.0. The van der Waals surface area contributed by atoms with Crippen LogP contribution in [0, 0.1) is 0 Å². The third kappa shape index (κ3) is 3.64. The fourth-order valence-electron chi connectivity index (χ4n) is 2.61. The Kier molecular flexibility index (Phi) is 4.72. The number of anilines is 2. The van der Waals surface area contributed by atoms with Crippen molar-refractivity contribution in [3.05, 3.63) is 64.0 Å². The van der Waals surface area contributed by atoms with E-state index in [2.05, 4.69) is 10.3 Å². The molecule has 2 aromatic carbocycles. The summed E-state index contributed by atoms with van der Waals surface area (Å²) in [6.07, 6.45) is 1.22. The largest absolute Gasteiger partial charge is 0.376 e. The average molecular weight is 357 g/mol. The zero-order valence-corrected chi connectivity index (χ0v) is 14.6. The first-order valence-electron chi connectivity index (χ1n) is 7.67. The molecule has 0 aliphatic carbocycles. The lowest BCUT2D eigenvalue weighted by Crippen LogP contribution is -2.28. The minimum Gasteiger partial charge on any atom is -0.376 e. The number of amides is 1. The Bertz CT molecular complexity index is 998. The Morgan fingerprint density at radius 1 is 1.24 bits per heavy atom. The fraction of sp³-hybridized carbons (Fsp3) is 0.167. The highest BCUT2D eigenvalue weighted by molar-refractivity contribution is 6.31. The fourth-order valence-corrected chi connectivity index (χ4v) is 2.78. The number of hydrogen-bond acceptors (Lipinski definition) is 4. The van der Waals surface area contributed by atoms with E-state index < -0.39 is 0 Å². The third-order valence-corrected chi connectivity index (χ3v) is 4.00. The first kappa shape index (κ1) is 17.0. The van der Waals surface area contributed by atoms with Gasteiger partial charge in [-0.25, -0.2) is 4.98 Å². The van der Waals surface area contributed by atoms with Gasteiger partial charge in [-0.2, -0.15) is 0 Å². The summed E-state index contributed by atoms with van der Waals surface area (Å²) in [7, 11) is 3.75. The number of para-hydroxylation sites is 2. The van der Waals surface area contributed by atoms with E-state index in [1.165, 1.54) is 10.8 Å². The summed E-state index contributed by atoms with van der Waals surface area (Å²) >= 11 is 6.04. The number of halogens is 1. The molecule has 0 aliphatic heterocycles. The predicted molar refractivity (Wildman–Crippen MR) is 100 cm³/mol. The standard InChI is InChI=1S/C18H17ClN4O2/c1-22(2)15-8-7-12(19)9-14(15)21-17(24)11-23-16-6-4-3-5-13(16)20-10-18(23)25/h3-10H,11H2,1-2H3,(H,21,24). The molecule has 0 saturated heterocycles. The van der Waals surface area contributed by atoms with Gasteiger partial charge < -0.3 is 10.2 Å². The molecule has 7 heteroatoms. The highest BCUT2D eigenvalue weighted by Crippen LogP contribution is 2.27. The van der Waals surface area contributed by atoms with Crippen molar-refractivity contribution in [3.63, 3.8) is 0 Å². The van der Waals surface area contributed by atoms with Crippen LogP contribution in [-0.2, 0) is 11.3 Å². The van der Waals surface area contributed by atoms with Crippen LogP contribution in [0.4, 0.5) is 11.4 Å². The average Bonchev–Trinajstić information content (AvgIpc) is 2.57. The highest BCUT2D eigenvalue weighted by Gasteiger charge is 2.12. The van der Waals surface area contributed by atoms with Gasteiger partial charge in [-0.3, -0.25) is 14.2 Å². The van der Waals surface area contributed by atoms with Crippen molar-refractivity contribution in [1.82, 2.24) is 9.55 Å². The molecule has 3 rings (SSSR count). The Morgan fingerprint density at radius 3 is 2.76 bits per heavy atom. The number of carbonyl (C=O) groups is 1. The molecule has 0 atom stereocenters. The van der Waals surface area contributed by atoms with Crippen LogP contribution in [0.5, 0.6) is 0 Å². The van der Waals surface area contributed by atoms with Gasteiger partial charge >= 0.3 is 0 Å². The van der Waals surface area contributed by atoms with Crippen LogP contribution in [0.3, 0.4) is 0 Å². The maximum atomic E-state index is 12.5. The van der Waals surface area contributed by atoms with E-state index >= 15 is 0 Å². The van der Waals surface area contributed by atoms with Crippen LogP contribution < -0.4 is 15.8 Å². The SMILES string of the molecule is CN(C)c1ccc(Cl)cc1NC(=O)Cn1c(=O)cnc2ccccc21. The molecule has 128 valence electrons. The molecule has 0 radical (unpaired) electrons. The molecule has 1 aromatic heterocycles. The maximum absolute atomic E-state index is 12.5. The van der Waals surface area contributed by atoms with E-state index in [9.17, 15) is 9.59 Å². The summed E-state index contributed by atoms with van der Waals surface area (Å²) in [5, 5.41) is 3.35. The quantitative estimate of drug-likeness (QED) is 0.780. The van der Waals surface area contributed by atoms with Crippen LogP contribution >= 0.6 is 11.6 Å². The van der Waals surface area contributed by atoms with Gasteiger partial charge in [-0.1, -0.05) is 23.7 Å². The van der Waals surface area contributed by atoms with Crippen molar-refractivity contribution in [2.75, 3.05) is 24.3 Å². The first-order valence-corrected chi connectivity index (χ1v) is 8.05. The lowest BCUT2D eigenvalue weighted by molar-refractivity contribution is -0.116. The number of fused-ring (bicyclic) bond motifs is 1. The van der Waals surface area contributed by atoms with E-state index in [-0.39, 0.29) is 18.0 Å². The van der Waals surface area contributed by atoms with E-state index in [1.807, 2.05) is 31.1 Å². The van der Waals surface area contributed by atoms with Crippen molar-refractivity contribution >= 4 is 39.9 Å². The molecule has 0 saturated carbocycles. The molecule has 25 heavy (non-hydrogen) atoms. The summed E-state index contributed by atoms with van der Waals surface area (Å²) in [5.41, 5.74) is 2.36. The lowest BCUT2D eigenvalue weighted by atomic mass is 10.2. The summed E-state index contributed by atoms with van der Waals surface area (Å²) in [4.78, 5) is 30.6. The van der Waals surface area contributed by atoms with Crippen molar-refractivity contribution in [3.8, 4) is 0 Å². The molecule has 0 aliphatic rings. The molecular weight excluding hydrogens is 340 g/mol. The van der Waals surface area contributed by atoms with Gasteiger partial charge in [0, 0.05) is 19.1 Å². The zero-order chi connectivity index (χ0) is 18.0. The van der Waals surface area contributed by atoms with Crippen LogP contribution in [-0.4, -0.2) is 29.6 Å². The number of carbonyl (C=O) groups excluding carboxylic acids is 1. The van der Waals surface area contributed by atoms with E-state index in [1.54, 1.807) is 30.3 Å². The zero-order valence-electron chi connectivity index (χ0n) is 13.9. The smallest absolute Gasteiger partial charge is 0.269 e. The van der Waals surface area contributed by atoms with Gasteiger partial charge in [0.15, 0.2) is 0 Å². The maximum Gasteiger partial charge on any atom is 0.269 e. The third-order valence-electron chi connectivity index (χ3n) is 3.77. The molecule has 1 N–H and O–H groups in total. The second-order valence-electron chi connectivity index (χ2n) is 5.78. The Hall–Kier alpha value is -2.86. The summed E-state index contributed by atoms with van der Waals surface area (Å²) < 4.78 is 1.40. The van der Waals surface area contributed by atoms with Gasteiger partial charge in [0.05, 0.1) is 28.6 Å². The normalized spacial score (nSPS) is 10.7. The number of rotatable bonds is 4. The second-order valence-corrected chi connectivity index (χ2v) is 6.21. The second kappa shape index (κ2) is 6.94. The van der Waals surface area contributed by atoms with Gasteiger partial charge in [-0.15, -0.1) is 0 Å². The highest BCUT2D eigenvalue weighted by atomic mass is 35.5. The molecular formula is C18H17ClN4O2. The Balaban J connectivity index is 1.91. The minimum atomic E-state index is -0.326. The molecule has 6 nitrogen and oxygen atoms in total. The van der Waals surface area contributed by atoms with E-state index in [0.29, 0.717) is 21.7 Å². The lowest BCUT2D eigenvalue weighted by Gasteiger charge is -2.18. The molecule has 0 unspecified atom stereocenters. The van der Waals surface area contributed by atoms with Crippen molar-refractivity contribution in [2.24, 2.45) is 0 Å². The van der Waals surface area contributed by atoms with Crippen LogP contribution in [0.25, 0.3) is 11.0 Å². The summed E-state index contributed by atoms with van der Waals surface area (Å²) in [6.45, 7) is -0.110. The number of aromatic nitrogens is 2. The Labute approximate surface area is 149 Å². The van der Waals surface area contributed by atoms with Crippen molar-refractivity contribution in [2.45, 2.75) is 6.54 Å². The molecule has 1 heterocycles. The summed E-state index contributed by atoms with van der Waals surface area (Å²) in [5.74, 6) is -0.316. The summed E-state index contributed by atoms with van der Waals surface area (Å²) in [6, 6.07) is 12.5. The molecule has 0 spiro atoms. The Morgan fingerprint density at radius 2 is 2.00 bits per heavy atom. The van der Waals surface area contributed by atoms with Gasteiger partial charge in [0.25, 0.3) is 5.56 Å². The number of nitrogens with zero attached hydrogens (tertiary/aromatic N) is 3. The van der Waals surface area contributed by atoms with Crippen LogP contribution in [0.2, 0.25) is 5.02 Å². The van der Waals surface area contributed by atoms with Crippen LogP contribution in [0.1, 0.15) is 0 Å². The van der Waals surface area contributed by atoms with E-state index in [4.69, 9.17) is 11.6 Å². The van der Waals surface area contributed by atoms with Crippen LogP contribution in [0.15, 0.2) is 53.5 Å². The minimum absolute atomic E-state index is 0.110. The number of benzene rings is 2. The van der Waals surface area contributed by atoms with Gasteiger partial charge in [-0.05, 0) is 30.3 Å². The van der Waals surface area contributed by atoms with Crippen molar-refractivity contribution < 1.29 is 4.79 Å². The van der Waals surface area contributed by atoms with E-state index in [0.717, 1.165) is 5.69 Å². The van der Waals surface area contributed by atoms with Crippen molar-refractivity contribution in [1.29, 1.82) is 0 Å². The topological polar surface area (TPSA) is 67.2 Å². The number of nitrogens with one attached hydrogen (secondary N) is 1. The molecule has 3 aromatic rings. The van der Waals surface area contributed by atoms with Gasteiger partial charge in [0.2, 0.25) is 5.91 Å². The van der Waals surface area contributed by atoms with Gasteiger partial charge in [0.1, 0.15) is 6.54 Å². The molecule has 0 bridgehead atoms.